The average Bonchev–Trinajstić information content (AvgIpc) is 2.36. The number of nitrogens with one attached hydrogen (secondary N) is 1. The van der Waals surface area contributed by atoms with Crippen molar-refractivity contribution in [2.75, 3.05) is 6.26 Å². The van der Waals surface area contributed by atoms with Crippen molar-refractivity contribution < 1.29 is 21.9 Å². The van der Waals surface area contributed by atoms with Crippen LogP contribution in [0.4, 0.5) is 11.4 Å². The van der Waals surface area contributed by atoms with E-state index in [2.05, 4.69) is 25.2 Å². The monoisotopic (exact) mass is 327 g/mol. The highest BCUT2D eigenvalue weighted by atomic mass is 35.5. The first-order valence-electron chi connectivity index (χ1n) is 6.27. The molecular weight excluding hydrogens is 310 g/mol. The molecule has 2 rings (SSSR count). The SMILES string of the molecule is CSC1=[N+](c2cccc([N+](=O)[O-])c2)C(C)=CC(C)(C)N1.[Cl-]. The molecule has 0 amide bonds. The molecule has 0 unspecified atom stereocenters. The highest BCUT2D eigenvalue weighted by Gasteiger charge is 2.32. The Labute approximate surface area is 134 Å². The maximum absolute atomic E-state index is 10.9. The number of amidine groups is 1. The van der Waals surface area contributed by atoms with E-state index < -0.39 is 0 Å². The van der Waals surface area contributed by atoms with Crippen molar-refractivity contribution in [2.45, 2.75) is 26.3 Å². The van der Waals surface area contributed by atoms with Gasteiger partial charge in [0.15, 0.2) is 0 Å². The number of benzene rings is 1. The molecule has 0 bridgehead atoms. The van der Waals surface area contributed by atoms with Gasteiger partial charge in [0, 0.05) is 12.1 Å². The van der Waals surface area contributed by atoms with Gasteiger partial charge in [0.2, 0.25) is 0 Å². The van der Waals surface area contributed by atoms with E-state index in [-0.39, 0.29) is 28.6 Å². The summed E-state index contributed by atoms with van der Waals surface area (Å²) < 4.78 is 2.00. The number of hydrogen-bond donors (Lipinski definition) is 1. The quantitative estimate of drug-likeness (QED) is 0.480. The summed E-state index contributed by atoms with van der Waals surface area (Å²) in [5.74, 6) is 0. The van der Waals surface area contributed by atoms with Crippen LogP contribution >= 0.6 is 11.8 Å². The summed E-state index contributed by atoms with van der Waals surface area (Å²) in [6.07, 6.45) is 4.10. The Morgan fingerprint density at radius 1 is 1.38 bits per heavy atom. The van der Waals surface area contributed by atoms with Gasteiger partial charge in [-0.1, -0.05) is 6.07 Å². The van der Waals surface area contributed by atoms with Crippen molar-refractivity contribution >= 4 is 28.3 Å². The molecule has 5 nitrogen and oxygen atoms in total. The van der Waals surface area contributed by atoms with Crippen LogP contribution in [0.15, 0.2) is 36.0 Å². The van der Waals surface area contributed by atoms with Crippen molar-refractivity contribution in [3.05, 3.63) is 46.2 Å². The lowest BCUT2D eigenvalue weighted by atomic mass is 10.0. The summed E-state index contributed by atoms with van der Waals surface area (Å²) >= 11 is 1.59. The molecular formula is C14H18ClN3O2S. The lowest BCUT2D eigenvalue weighted by Crippen LogP contribution is -3.00. The molecule has 1 aromatic carbocycles. The minimum atomic E-state index is -0.372. The van der Waals surface area contributed by atoms with Gasteiger partial charge < -0.3 is 12.4 Å². The van der Waals surface area contributed by atoms with E-state index in [1.807, 2.05) is 23.8 Å². The van der Waals surface area contributed by atoms with Crippen molar-refractivity contribution in [1.29, 1.82) is 0 Å². The molecule has 0 radical (unpaired) electrons. The third-order valence-corrected chi connectivity index (χ3v) is 3.72. The molecule has 0 aliphatic carbocycles. The van der Waals surface area contributed by atoms with Crippen LogP contribution in [0.2, 0.25) is 0 Å². The molecule has 1 N–H and O–H groups in total. The number of non-ortho nitro benzene ring substituents is 1. The number of nitrogens with zero attached hydrogens (tertiary/aromatic N) is 2. The maximum Gasteiger partial charge on any atom is 0.316 e. The van der Waals surface area contributed by atoms with Crippen molar-refractivity contribution in [1.82, 2.24) is 5.32 Å². The van der Waals surface area contributed by atoms with Gasteiger partial charge in [-0.05, 0) is 44.9 Å². The molecule has 114 valence electrons. The molecule has 0 fully saturated rings. The summed E-state index contributed by atoms with van der Waals surface area (Å²) in [4.78, 5) is 10.5. The zero-order chi connectivity index (χ0) is 14.9. The van der Waals surface area contributed by atoms with Crippen LogP contribution in [0.5, 0.6) is 0 Å². The summed E-state index contributed by atoms with van der Waals surface area (Å²) in [7, 11) is 0. The van der Waals surface area contributed by atoms with E-state index in [9.17, 15) is 10.1 Å². The number of halogens is 1. The molecule has 0 saturated heterocycles. The predicted molar refractivity (Wildman–Crippen MR) is 82.5 cm³/mol. The Bertz CT molecular complexity index is 626. The minimum absolute atomic E-state index is 0. The Morgan fingerprint density at radius 3 is 2.62 bits per heavy atom. The van der Waals surface area contributed by atoms with E-state index in [0.717, 1.165) is 16.6 Å². The Morgan fingerprint density at radius 2 is 2.05 bits per heavy atom. The largest absolute Gasteiger partial charge is 1.00 e. The Kier molecular flexibility index (Phi) is 5.42. The van der Waals surface area contributed by atoms with Crippen LogP contribution in [0.25, 0.3) is 0 Å². The highest BCUT2D eigenvalue weighted by molar-refractivity contribution is 8.13. The first kappa shape index (κ1) is 17.5. The first-order valence-corrected chi connectivity index (χ1v) is 7.50. The van der Waals surface area contributed by atoms with Gasteiger partial charge in [-0.2, -0.15) is 4.58 Å². The van der Waals surface area contributed by atoms with Crippen molar-refractivity contribution in [3.8, 4) is 0 Å². The van der Waals surface area contributed by atoms with Gasteiger partial charge in [-0.25, -0.2) is 0 Å². The maximum atomic E-state index is 10.9. The van der Waals surface area contributed by atoms with Crippen LogP contribution in [0.1, 0.15) is 20.8 Å². The molecule has 7 heteroatoms. The summed E-state index contributed by atoms with van der Waals surface area (Å²) in [6.45, 7) is 6.20. The van der Waals surface area contributed by atoms with Crippen LogP contribution in [-0.4, -0.2) is 26.5 Å². The number of thioether (sulfide) groups is 1. The Balaban J connectivity index is 0.00000220. The molecule has 0 aromatic heterocycles. The lowest BCUT2D eigenvalue weighted by Gasteiger charge is -2.26. The van der Waals surface area contributed by atoms with Gasteiger partial charge in [0.25, 0.3) is 5.69 Å². The summed E-state index contributed by atoms with van der Waals surface area (Å²) in [5.41, 5.74) is 1.82. The second-order valence-electron chi connectivity index (χ2n) is 5.25. The van der Waals surface area contributed by atoms with E-state index in [4.69, 9.17) is 0 Å². The second kappa shape index (κ2) is 6.49. The standard InChI is InChI=1S/C14H17N3O2S.ClH/c1-10-9-14(2,3)15-13(20-4)16(10)11-6-5-7-12(8-11)17(18)19;/h5-9H,1-4H3;1H. The fourth-order valence-electron chi connectivity index (χ4n) is 2.32. The molecule has 0 spiro atoms. The lowest BCUT2D eigenvalue weighted by molar-refractivity contribution is -0.394. The van der Waals surface area contributed by atoms with Gasteiger partial charge in [0.1, 0.15) is 16.9 Å². The number of rotatable bonds is 2. The number of nitro benzene ring substituents is 1. The van der Waals surface area contributed by atoms with Crippen LogP contribution < -0.4 is 17.7 Å². The van der Waals surface area contributed by atoms with E-state index in [1.165, 1.54) is 6.07 Å². The fourth-order valence-corrected chi connectivity index (χ4v) is 3.12. The zero-order valence-corrected chi connectivity index (χ0v) is 14.0. The predicted octanol–water partition coefficient (Wildman–Crippen LogP) is 0.247. The molecule has 0 atom stereocenters. The normalized spacial score (nSPS) is 16.7. The molecule has 0 saturated carbocycles. The molecule has 21 heavy (non-hydrogen) atoms. The van der Waals surface area contributed by atoms with E-state index in [0.29, 0.717) is 0 Å². The number of hydrogen-bond acceptors (Lipinski definition) is 4. The van der Waals surface area contributed by atoms with Gasteiger partial charge in [-0.3, -0.25) is 15.4 Å². The number of allylic oxidation sites excluding steroid dienone is 1. The Hall–Kier alpha value is -1.53. The topological polar surface area (TPSA) is 58.2 Å². The summed E-state index contributed by atoms with van der Waals surface area (Å²) in [6, 6.07) is 6.68. The molecule has 1 aliphatic heterocycles. The average molecular weight is 328 g/mol. The highest BCUT2D eigenvalue weighted by Crippen LogP contribution is 2.27. The van der Waals surface area contributed by atoms with E-state index in [1.54, 1.807) is 23.9 Å². The van der Waals surface area contributed by atoms with Gasteiger partial charge in [-0.15, -0.1) is 0 Å². The minimum Gasteiger partial charge on any atom is -1.00 e. The zero-order valence-electron chi connectivity index (χ0n) is 12.4. The third kappa shape index (κ3) is 3.77. The third-order valence-electron chi connectivity index (χ3n) is 3.05. The van der Waals surface area contributed by atoms with Crippen LogP contribution in [0, 0.1) is 10.1 Å². The molecule has 1 aliphatic rings. The van der Waals surface area contributed by atoms with Crippen molar-refractivity contribution in [3.63, 3.8) is 0 Å². The smallest absolute Gasteiger partial charge is 0.316 e. The molecule has 1 aromatic rings. The van der Waals surface area contributed by atoms with Crippen molar-refractivity contribution in [2.24, 2.45) is 0 Å². The molecule has 1 heterocycles. The van der Waals surface area contributed by atoms with E-state index >= 15 is 0 Å². The fraction of sp³-hybridized carbons (Fsp3) is 0.357. The summed E-state index contributed by atoms with van der Waals surface area (Å²) in [5, 5.41) is 15.3. The van der Waals surface area contributed by atoms with Gasteiger partial charge in [0.05, 0.1) is 11.0 Å². The first-order chi connectivity index (χ1) is 9.34. The number of nitro groups is 1. The van der Waals surface area contributed by atoms with Crippen LogP contribution in [0.3, 0.4) is 0 Å². The second-order valence-corrected chi connectivity index (χ2v) is 6.05. The van der Waals surface area contributed by atoms with Crippen LogP contribution in [-0.2, 0) is 0 Å². The van der Waals surface area contributed by atoms with Gasteiger partial charge >= 0.3 is 5.17 Å².